The highest BCUT2D eigenvalue weighted by Gasteiger charge is 2.29. The van der Waals surface area contributed by atoms with Crippen molar-refractivity contribution in [3.8, 4) is 12.1 Å². The van der Waals surface area contributed by atoms with E-state index in [4.69, 9.17) is 20.5 Å². The van der Waals surface area contributed by atoms with Gasteiger partial charge in [0.25, 0.3) is 0 Å². The van der Waals surface area contributed by atoms with Crippen molar-refractivity contribution in [2.24, 2.45) is 0 Å². The largest absolute Gasteiger partial charge is 0.228 e. The molecule has 0 saturated heterocycles. The molecule has 0 unspecified atom stereocenters. The van der Waals surface area contributed by atoms with Crippen LogP contribution in [0.15, 0.2) is 0 Å². The van der Waals surface area contributed by atoms with Crippen LogP contribution in [0.25, 0.3) is 9.66 Å². The smallest absolute Gasteiger partial charge is 0.155 e. The molecule has 0 radical (unpaired) electrons. The van der Waals surface area contributed by atoms with E-state index in [1.807, 2.05) is 0 Å². The van der Waals surface area contributed by atoms with Crippen molar-refractivity contribution in [2.75, 3.05) is 0 Å². The van der Waals surface area contributed by atoms with Crippen molar-refractivity contribution in [3.63, 3.8) is 0 Å². The molecule has 0 atom stereocenters. The van der Waals surface area contributed by atoms with Gasteiger partial charge in [-0.25, -0.2) is 9.97 Å². The fourth-order valence-corrected chi connectivity index (χ4v) is 4.47. The molecule has 0 bridgehead atoms. The Hall–Kier alpha value is -1.50. The maximum Gasteiger partial charge on any atom is 0.155 e. The Balaban J connectivity index is 2.27. The molecule has 0 aliphatic rings. The first-order valence-corrected chi connectivity index (χ1v) is 8.96. The Labute approximate surface area is 139 Å². The van der Waals surface area contributed by atoms with Gasteiger partial charge in [0.15, 0.2) is 9.66 Å². The van der Waals surface area contributed by atoms with Crippen LogP contribution in [0.3, 0.4) is 0 Å². The highest BCUT2D eigenvalue weighted by molar-refractivity contribution is 7.26. The van der Waals surface area contributed by atoms with Crippen molar-refractivity contribution in [2.45, 2.75) is 64.2 Å². The lowest BCUT2D eigenvalue weighted by Crippen LogP contribution is -2.17. The zero-order valence-corrected chi connectivity index (χ0v) is 15.1. The van der Waals surface area contributed by atoms with Gasteiger partial charge in [-0.2, -0.15) is 10.5 Å². The number of aromatic nitrogens is 2. The first kappa shape index (κ1) is 16.9. The number of nitriles is 2. The zero-order chi connectivity index (χ0) is 16.4. The lowest BCUT2D eigenvalue weighted by molar-refractivity contribution is 0.484. The maximum absolute atomic E-state index is 8.77. The first-order valence-electron chi connectivity index (χ1n) is 7.32. The molecule has 0 saturated carbocycles. The van der Waals surface area contributed by atoms with Crippen LogP contribution in [-0.4, -0.2) is 9.97 Å². The number of nitrogens with zero attached hydrogens (tertiary/aromatic N) is 4. The minimum absolute atomic E-state index is 0.0860. The molecule has 0 aliphatic carbocycles. The molecule has 116 valence electrons. The number of hydrogen-bond acceptors (Lipinski definition) is 6. The summed E-state index contributed by atoms with van der Waals surface area (Å²) in [5.41, 5.74) is -0.172. The molecule has 0 N–H and O–H groups in total. The standard InChI is InChI=1S/C16H20N4S2/c1-15(2,7-5-9-17)13-19-11-12(21-13)20-14(22-11)16(3,4)8-6-10-18/h5-8H2,1-4H3. The van der Waals surface area contributed by atoms with Crippen molar-refractivity contribution in [1.82, 2.24) is 9.97 Å². The molecule has 2 aromatic rings. The molecule has 0 amide bonds. The topological polar surface area (TPSA) is 73.4 Å². The summed E-state index contributed by atoms with van der Waals surface area (Å²) in [5.74, 6) is 0. The Morgan fingerprint density at radius 2 is 1.18 bits per heavy atom. The molecule has 2 rings (SSSR count). The molecule has 2 aromatic heterocycles. The zero-order valence-electron chi connectivity index (χ0n) is 13.4. The lowest BCUT2D eigenvalue weighted by atomic mass is 9.89. The van der Waals surface area contributed by atoms with Crippen molar-refractivity contribution >= 4 is 32.3 Å². The second-order valence-corrected chi connectivity index (χ2v) is 8.69. The summed E-state index contributed by atoms with van der Waals surface area (Å²) in [7, 11) is 0. The van der Waals surface area contributed by atoms with E-state index in [0.29, 0.717) is 12.8 Å². The van der Waals surface area contributed by atoms with E-state index < -0.39 is 0 Å². The molecule has 2 heterocycles. The molecular formula is C16H20N4S2. The van der Waals surface area contributed by atoms with Crippen LogP contribution in [0, 0.1) is 22.7 Å². The minimum atomic E-state index is -0.0860. The van der Waals surface area contributed by atoms with Gasteiger partial charge in [-0.1, -0.05) is 50.4 Å². The summed E-state index contributed by atoms with van der Waals surface area (Å²) in [6.45, 7) is 8.52. The second kappa shape index (κ2) is 6.32. The monoisotopic (exact) mass is 332 g/mol. The summed E-state index contributed by atoms with van der Waals surface area (Å²) < 4.78 is 0. The average Bonchev–Trinajstić information content (AvgIpc) is 3.02. The third-order valence-corrected chi connectivity index (χ3v) is 6.62. The van der Waals surface area contributed by atoms with Crippen molar-refractivity contribution in [3.05, 3.63) is 10.0 Å². The molecule has 6 heteroatoms. The van der Waals surface area contributed by atoms with Gasteiger partial charge in [-0.3, -0.25) is 0 Å². The van der Waals surface area contributed by atoms with Crippen LogP contribution in [0.4, 0.5) is 0 Å². The highest BCUT2D eigenvalue weighted by Crippen LogP contribution is 2.39. The molecule has 0 fully saturated rings. The van der Waals surface area contributed by atoms with E-state index >= 15 is 0 Å². The Morgan fingerprint density at radius 1 is 0.818 bits per heavy atom. The van der Waals surface area contributed by atoms with E-state index in [1.165, 1.54) is 0 Å². The molecule has 4 nitrogen and oxygen atoms in total. The predicted molar refractivity (Wildman–Crippen MR) is 91.0 cm³/mol. The number of rotatable bonds is 6. The third kappa shape index (κ3) is 3.45. The molecule has 0 aromatic carbocycles. The van der Waals surface area contributed by atoms with Crippen LogP contribution in [0.5, 0.6) is 0 Å². The van der Waals surface area contributed by atoms with Gasteiger partial charge in [0.05, 0.1) is 12.1 Å². The van der Waals surface area contributed by atoms with Gasteiger partial charge in [0.1, 0.15) is 10.0 Å². The molecule has 22 heavy (non-hydrogen) atoms. The van der Waals surface area contributed by atoms with E-state index in [-0.39, 0.29) is 10.8 Å². The fraction of sp³-hybridized carbons (Fsp3) is 0.625. The van der Waals surface area contributed by atoms with Gasteiger partial charge >= 0.3 is 0 Å². The van der Waals surface area contributed by atoms with E-state index in [0.717, 1.165) is 32.5 Å². The van der Waals surface area contributed by atoms with E-state index in [9.17, 15) is 0 Å². The second-order valence-electron chi connectivity index (χ2n) is 6.73. The fourth-order valence-electron chi connectivity index (χ4n) is 2.17. The van der Waals surface area contributed by atoms with Gasteiger partial charge in [0, 0.05) is 23.7 Å². The number of thiazole rings is 2. The molecule has 0 spiro atoms. The van der Waals surface area contributed by atoms with E-state index in [2.05, 4.69) is 39.8 Å². The van der Waals surface area contributed by atoms with Crippen molar-refractivity contribution in [1.29, 1.82) is 10.5 Å². The normalized spacial score (nSPS) is 12.3. The Morgan fingerprint density at radius 3 is 1.50 bits per heavy atom. The molecular weight excluding hydrogens is 312 g/mol. The average molecular weight is 332 g/mol. The van der Waals surface area contributed by atoms with Gasteiger partial charge in [0.2, 0.25) is 0 Å². The van der Waals surface area contributed by atoms with Gasteiger partial charge in [-0.05, 0) is 12.8 Å². The van der Waals surface area contributed by atoms with Gasteiger partial charge in [-0.15, -0.1) is 0 Å². The van der Waals surface area contributed by atoms with Gasteiger partial charge < -0.3 is 0 Å². The summed E-state index contributed by atoms with van der Waals surface area (Å²) >= 11 is 3.26. The SMILES string of the molecule is CC(C)(CCC#N)c1nc2sc(C(C)(C)CCC#N)nc2s1. The molecule has 0 aliphatic heterocycles. The third-order valence-electron chi connectivity index (χ3n) is 3.86. The highest BCUT2D eigenvalue weighted by atomic mass is 32.1. The summed E-state index contributed by atoms with van der Waals surface area (Å²) in [6, 6.07) is 4.41. The predicted octanol–water partition coefficient (Wildman–Crippen LogP) is 4.92. The van der Waals surface area contributed by atoms with Crippen LogP contribution < -0.4 is 0 Å². The van der Waals surface area contributed by atoms with Crippen LogP contribution >= 0.6 is 22.7 Å². The summed E-state index contributed by atoms with van der Waals surface area (Å²) in [6.07, 6.45) is 2.70. The summed E-state index contributed by atoms with van der Waals surface area (Å²) in [5, 5.41) is 19.7. The number of hydrogen-bond donors (Lipinski definition) is 0. The Kier molecular flexibility index (Phi) is 4.84. The maximum atomic E-state index is 8.77. The Bertz CT molecular complexity index is 649. The van der Waals surface area contributed by atoms with Crippen molar-refractivity contribution < 1.29 is 0 Å². The summed E-state index contributed by atoms with van der Waals surface area (Å²) in [4.78, 5) is 11.5. The number of fused-ring (bicyclic) bond motifs is 1. The van der Waals surface area contributed by atoms with E-state index in [1.54, 1.807) is 22.7 Å². The first-order chi connectivity index (χ1) is 10.3. The lowest BCUT2D eigenvalue weighted by Gasteiger charge is -2.20. The van der Waals surface area contributed by atoms with Crippen LogP contribution in [-0.2, 0) is 10.8 Å². The minimum Gasteiger partial charge on any atom is -0.228 e. The van der Waals surface area contributed by atoms with Crippen LogP contribution in [0.2, 0.25) is 0 Å². The quantitative estimate of drug-likeness (QED) is 0.753. The van der Waals surface area contributed by atoms with Crippen LogP contribution in [0.1, 0.15) is 63.4 Å².